The fourth-order valence-electron chi connectivity index (χ4n) is 11.2. The molecule has 2 atom stereocenters. The van der Waals surface area contributed by atoms with Gasteiger partial charge in [0.2, 0.25) is 0 Å². The number of rotatable bonds is 70. The Hall–Kier alpha value is -1.44. The average Bonchev–Trinajstić information content (AvgIpc) is 3.47. The molecule has 0 aromatic rings. The maximum Gasteiger partial charge on any atom is 0.162 e. The van der Waals surface area contributed by atoms with Crippen molar-refractivity contribution in [1.29, 1.82) is 0 Å². The van der Waals surface area contributed by atoms with E-state index in [0.717, 1.165) is 113 Å². The zero-order chi connectivity index (χ0) is 58.8. The van der Waals surface area contributed by atoms with E-state index in [1.807, 2.05) is 0 Å². The second-order valence-electron chi connectivity index (χ2n) is 24.6. The third-order valence-electron chi connectivity index (χ3n) is 16.5. The minimum atomic E-state index is -0.230. The Morgan fingerprint density at radius 3 is 0.667 bits per heavy atom. The molecule has 0 saturated carbocycles. The first-order chi connectivity index (χ1) is 40.1. The summed E-state index contributed by atoms with van der Waals surface area (Å²) in [7, 11) is 0. The largest absolute Gasteiger partial charge is 0.494 e. The maximum absolute atomic E-state index is 6.94. The summed E-state index contributed by atoms with van der Waals surface area (Å²) in [4.78, 5) is 0. The molecule has 0 aliphatic carbocycles. The van der Waals surface area contributed by atoms with Gasteiger partial charge in [-0.2, -0.15) is 0 Å². The van der Waals surface area contributed by atoms with Crippen molar-refractivity contribution in [3.05, 3.63) is 23.0 Å². The van der Waals surface area contributed by atoms with Crippen molar-refractivity contribution < 1.29 is 33.2 Å². The fraction of sp³-hybridized carbons (Fsp3) is 0.946. The molecule has 0 N–H and O–H groups in total. The van der Waals surface area contributed by atoms with E-state index < -0.39 is 0 Å². The normalized spacial score (nSPS) is 13.1. The van der Waals surface area contributed by atoms with Gasteiger partial charge in [-0.3, -0.25) is 0 Å². The Morgan fingerprint density at radius 1 is 0.222 bits per heavy atom. The van der Waals surface area contributed by atoms with E-state index in [-0.39, 0.29) is 25.8 Å². The van der Waals surface area contributed by atoms with E-state index in [1.54, 1.807) is 0 Å². The monoisotopic (exact) mass is 1150 g/mol. The quantitative estimate of drug-likeness (QED) is 0.0342. The molecule has 0 amide bonds. The van der Waals surface area contributed by atoms with Crippen LogP contribution < -0.4 is 0 Å². The van der Waals surface area contributed by atoms with Gasteiger partial charge in [0.1, 0.15) is 23.7 Å². The van der Waals surface area contributed by atoms with Crippen LogP contribution in [0.2, 0.25) is 0 Å². The molecule has 0 bridgehead atoms. The lowest BCUT2D eigenvalue weighted by molar-refractivity contribution is -0.167. The molecule has 0 rings (SSSR count). The summed E-state index contributed by atoms with van der Waals surface area (Å²) in [5.74, 6) is 3.91. The van der Waals surface area contributed by atoms with Gasteiger partial charge in [-0.1, -0.05) is 338 Å². The van der Waals surface area contributed by atoms with Gasteiger partial charge in [-0.25, -0.2) is 0 Å². The van der Waals surface area contributed by atoms with Gasteiger partial charge in [0.05, 0.1) is 26.4 Å². The number of ether oxygens (including phenoxy) is 7. The van der Waals surface area contributed by atoms with Crippen LogP contribution >= 0.6 is 0 Å². The molecular formula is C74H146O7. The predicted octanol–water partition coefficient (Wildman–Crippen LogP) is 25.4. The van der Waals surface area contributed by atoms with Crippen LogP contribution in [0.25, 0.3) is 0 Å². The Kier molecular flexibility index (Phi) is 66.5. The first-order valence-electron chi connectivity index (χ1n) is 36.9. The van der Waals surface area contributed by atoms with Crippen LogP contribution in [-0.4, -0.2) is 52.2 Å². The standard InChI is InChI=1S/C74H146O7/c1-9-17-23-29-35-41-47-53-61-71(76-63-55-49-43-37-31-25-19-11-3)73(78-65-57-51-45-39-33-27-21-13-5)69(59-15-7)80-67-75-68-81-70(60-16-8)74(79-66-58-52-46-40-34-28-22-14-6)72(62-54-48-42-36-30-24-18-10-2)77-64-56-50-44-38-32-26-20-12-4/h69-70H,9-68H2,1-8H3. The van der Waals surface area contributed by atoms with Crippen molar-refractivity contribution in [3.63, 3.8) is 0 Å². The van der Waals surface area contributed by atoms with Crippen LogP contribution in [0.3, 0.4) is 0 Å². The molecule has 484 valence electrons. The van der Waals surface area contributed by atoms with Gasteiger partial charge < -0.3 is 33.2 Å². The van der Waals surface area contributed by atoms with Gasteiger partial charge in [-0.15, -0.1) is 0 Å². The lowest BCUT2D eigenvalue weighted by Gasteiger charge is -2.26. The minimum Gasteiger partial charge on any atom is -0.494 e. The van der Waals surface area contributed by atoms with Crippen molar-refractivity contribution in [2.75, 3.05) is 40.0 Å². The molecule has 81 heavy (non-hydrogen) atoms. The van der Waals surface area contributed by atoms with Crippen LogP contribution in [0.1, 0.15) is 402 Å². The van der Waals surface area contributed by atoms with Crippen LogP contribution in [0, 0.1) is 0 Å². The molecule has 0 aromatic carbocycles. The number of hydrogen-bond donors (Lipinski definition) is 0. The van der Waals surface area contributed by atoms with Crippen molar-refractivity contribution in [1.82, 2.24) is 0 Å². The van der Waals surface area contributed by atoms with Crippen molar-refractivity contribution in [2.45, 2.75) is 414 Å². The second-order valence-corrected chi connectivity index (χ2v) is 24.6. The molecule has 0 aliphatic heterocycles. The van der Waals surface area contributed by atoms with Crippen LogP contribution in [0.5, 0.6) is 0 Å². The lowest BCUT2D eigenvalue weighted by Crippen LogP contribution is -2.25. The lowest BCUT2D eigenvalue weighted by atomic mass is 10.0. The molecule has 0 saturated heterocycles. The van der Waals surface area contributed by atoms with E-state index in [4.69, 9.17) is 33.2 Å². The van der Waals surface area contributed by atoms with Crippen LogP contribution in [0.4, 0.5) is 0 Å². The summed E-state index contributed by atoms with van der Waals surface area (Å²) in [6.07, 6.45) is 66.8. The molecule has 7 nitrogen and oxygen atoms in total. The molecule has 0 aromatic heterocycles. The highest BCUT2D eigenvalue weighted by Gasteiger charge is 2.25. The van der Waals surface area contributed by atoms with Crippen molar-refractivity contribution in [3.8, 4) is 0 Å². The molecule has 0 spiro atoms. The molecule has 0 radical (unpaired) electrons. The van der Waals surface area contributed by atoms with E-state index >= 15 is 0 Å². The van der Waals surface area contributed by atoms with Gasteiger partial charge in [-0.05, 0) is 51.4 Å². The second kappa shape index (κ2) is 67.7. The third kappa shape index (κ3) is 53.7. The topological polar surface area (TPSA) is 64.6 Å². The molecular weight excluding hydrogens is 1000 g/mol. The zero-order valence-corrected chi connectivity index (χ0v) is 56.4. The highest BCUT2D eigenvalue weighted by atomic mass is 16.7. The van der Waals surface area contributed by atoms with Crippen LogP contribution in [-0.2, 0) is 33.2 Å². The fourth-order valence-corrected chi connectivity index (χ4v) is 11.2. The third-order valence-corrected chi connectivity index (χ3v) is 16.5. The molecule has 0 fully saturated rings. The molecule has 0 aliphatic rings. The Bertz CT molecular complexity index is 1170. The number of hydrogen-bond acceptors (Lipinski definition) is 7. The summed E-state index contributed by atoms with van der Waals surface area (Å²) >= 11 is 0. The summed E-state index contributed by atoms with van der Waals surface area (Å²) in [5, 5.41) is 0. The van der Waals surface area contributed by atoms with Crippen LogP contribution in [0.15, 0.2) is 23.0 Å². The van der Waals surface area contributed by atoms with Crippen molar-refractivity contribution in [2.24, 2.45) is 0 Å². The van der Waals surface area contributed by atoms with Gasteiger partial charge in [0.15, 0.2) is 25.1 Å². The van der Waals surface area contributed by atoms with E-state index in [0.29, 0.717) is 13.2 Å². The first-order valence-corrected chi connectivity index (χ1v) is 36.9. The number of unbranched alkanes of at least 4 members (excludes halogenated alkanes) is 42. The molecule has 7 heteroatoms. The summed E-state index contributed by atoms with van der Waals surface area (Å²) in [6.45, 7) is 21.5. The predicted molar refractivity (Wildman–Crippen MR) is 353 cm³/mol. The number of allylic oxidation sites excluding steroid dienone is 2. The van der Waals surface area contributed by atoms with Gasteiger partial charge >= 0.3 is 0 Å². The Labute approximate surface area is 508 Å². The molecule has 0 heterocycles. The maximum atomic E-state index is 6.94. The van der Waals surface area contributed by atoms with E-state index in [9.17, 15) is 0 Å². The highest BCUT2D eigenvalue weighted by Crippen LogP contribution is 2.28. The zero-order valence-electron chi connectivity index (χ0n) is 56.4. The Balaban J connectivity index is 6.55. The van der Waals surface area contributed by atoms with Gasteiger partial charge in [0.25, 0.3) is 0 Å². The highest BCUT2D eigenvalue weighted by molar-refractivity contribution is 5.09. The Morgan fingerprint density at radius 2 is 0.432 bits per heavy atom. The summed E-state index contributed by atoms with van der Waals surface area (Å²) < 4.78 is 47.6. The smallest absolute Gasteiger partial charge is 0.162 e. The SMILES string of the molecule is CCCCCCCCCCOC(CCCCCCCCCC)=C(OCCCCCCCCCC)C(CCC)OCOCOC(CCC)C(OCCCCCCCCCC)=C(CCCCCCCCCC)OCCCCCCCCCC. The summed E-state index contributed by atoms with van der Waals surface area (Å²) in [5.41, 5.74) is 0. The average molecular weight is 1150 g/mol. The van der Waals surface area contributed by atoms with Gasteiger partial charge in [0, 0.05) is 12.8 Å². The van der Waals surface area contributed by atoms with E-state index in [1.165, 1.54) is 270 Å². The molecule has 2 unspecified atom stereocenters. The van der Waals surface area contributed by atoms with Crippen molar-refractivity contribution >= 4 is 0 Å². The first kappa shape index (κ1) is 79.6. The summed E-state index contributed by atoms with van der Waals surface area (Å²) in [6, 6.07) is 0. The minimum absolute atomic E-state index is 0.134. The van der Waals surface area contributed by atoms with E-state index in [2.05, 4.69) is 55.4 Å².